The number of nitrogens with one attached hydrogen (secondary N) is 1. The van der Waals surface area contributed by atoms with Gasteiger partial charge in [0.05, 0.1) is 0 Å². The molecule has 0 amide bonds. The van der Waals surface area contributed by atoms with Gasteiger partial charge < -0.3 is 0 Å². The molecule has 1 aromatic carbocycles. The lowest BCUT2D eigenvalue weighted by molar-refractivity contribution is 0.799. The standard InChI is InChI=1S/C14H16BrN2/c1-9(2)14-12(8-16-17-14)7-11-4-5-13(15)6-10(11)3/h4-6,9H,7H2,1-3H3,(H,16,17). The van der Waals surface area contributed by atoms with Crippen molar-refractivity contribution >= 4 is 15.9 Å². The highest BCUT2D eigenvalue weighted by atomic mass is 79.9. The van der Waals surface area contributed by atoms with E-state index in [0.29, 0.717) is 5.92 Å². The molecule has 17 heavy (non-hydrogen) atoms. The smallest absolute Gasteiger partial charge is 0.116 e. The first-order valence-corrected chi connectivity index (χ1v) is 6.57. The van der Waals surface area contributed by atoms with E-state index in [0.717, 1.165) is 10.9 Å². The van der Waals surface area contributed by atoms with Crippen molar-refractivity contribution < 1.29 is 0 Å². The van der Waals surface area contributed by atoms with E-state index in [1.807, 2.05) is 0 Å². The van der Waals surface area contributed by atoms with Crippen LogP contribution < -0.4 is 0 Å². The van der Waals surface area contributed by atoms with Crippen molar-refractivity contribution in [1.82, 2.24) is 10.2 Å². The van der Waals surface area contributed by atoms with E-state index >= 15 is 0 Å². The molecule has 0 aliphatic heterocycles. The number of nitrogens with zero attached hydrogens (tertiary/aromatic N) is 1. The van der Waals surface area contributed by atoms with Crippen molar-refractivity contribution in [2.45, 2.75) is 33.1 Å². The van der Waals surface area contributed by atoms with Crippen LogP contribution in [0.5, 0.6) is 0 Å². The zero-order chi connectivity index (χ0) is 12.4. The molecule has 0 atom stereocenters. The van der Waals surface area contributed by atoms with Crippen LogP contribution in [-0.4, -0.2) is 10.2 Å². The minimum atomic E-state index is 0.458. The molecule has 0 bridgehead atoms. The molecular formula is C14H16BrN2. The van der Waals surface area contributed by atoms with Crippen LogP contribution >= 0.6 is 15.9 Å². The highest BCUT2D eigenvalue weighted by Crippen LogP contribution is 2.22. The van der Waals surface area contributed by atoms with Crippen molar-refractivity contribution in [2.75, 3.05) is 0 Å². The SMILES string of the molecule is Cc1cc(Br)ccc1Cc1[c]n[nH]c1C(C)C. The number of aromatic nitrogens is 2. The molecule has 0 fully saturated rings. The van der Waals surface area contributed by atoms with Gasteiger partial charge in [-0.05, 0) is 36.1 Å². The Morgan fingerprint density at radius 2 is 2.18 bits per heavy atom. The summed E-state index contributed by atoms with van der Waals surface area (Å²) in [5.74, 6) is 0.458. The van der Waals surface area contributed by atoms with Gasteiger partial charge in [-0.1, -0.05) is 35.8 Å². The van der Waals surface area contributed by atoms with E-state index in [-0.39, 0.29) is 0 Å². The second kappa shape index (κ2) is 5.05. The van der Waals surface area contributed by atoms with E-state index in [1.54, 1.807) is 0 Å². The van der Waals surface area contributed by atoms with Crippen LogP contribution in [0.25, 0.3) is 0 Å². The van der Waals surface area contributed by atoms with Gasteiger partial charge in [-0.25, -0.2) is 0 Å². The third-order valence-corrected chi connectivity index (χ3v) is 3.43. The molecule has 0 aliphatic rings. The van der Waals surface area contributed by atoms with E-state index < -0.39 is 0 Å². The minimum Gasteiger partial charge on any atom is -0.281 e. The Labute approximate surface area is 111 Å². The van der Waals surface area contributed by atoms with Gasteiger partial charge in [-0.3, -0.25) is 5.10 Å². The quantitative estimate of drug-likeness (QED) is 0.910. The largest absolute Gasteiger partial charge is 0.281 e. The first kappa shape index (κ1) is 12.4. The summed E-state index contributed by atoms with van der Waals surface area (Å²) >= 11 is 3.49. The number of H-pyrrole nitrogens is 1. The summed E-state index contributed by atoms with van der Waals surface area (Å²) in [7, 11) is 0. The summed E-state index contributed by atoms with van der Waals surface area (Å²) in [5.41, 5.74) is 4.98. The van der Waals surface area contributed by atoms with Crippen molar-refractivity contribution in [2.24, 2.45) is 0 Å². The lowest BCUT2D eigenvalue weighted by atomic mass is 9.98. The summed E-state index contributed by atoms with van der Waals surface area (Å²) in [4.78, 5) is 0. The lowest BCUT2D eigenvalue weighted by Crippen LogP contribution is -1.97. The van der Waals surface area contributed by atoms with Crippen LogP contribution in [0.4, 0.5) is 0 Å². The molecule has 1 N–H and O–H groups in total. The fourth-order valence-electron chi connectivity index (χ4n) is 1.94. The zero-order valence-electron chi connectivity index (χ0n) is 10.3. The van der Waals surface area contributed by atoms with Crippen molar-refractivity contribution in [3.63, 3.8) is 0 Å². The van der Waals surface area contributed by atoms with Crippen LogP contribution in [0, 0.1) is 13.1 Å². The molecule has 0 unspecified atom stereocenters. The molecule has 1 aromatic heterocycles. The first-order chi connectivity index (χ1) is 8.08. The Balaban J connectivity index is 2.28. The first-order valence-electron chi connectivity index (χ1n) is 5.77. The highest BCUT2D eigenvalue weighted by Gasteiger charge is 2.11. The molecule has 3 heteroatoms. The van der Waals surface area contributed by atoms with Crippen LogP contribution in [0.3, 0.4) is 0 Å². The predicted octanol–water partition coefficient (Wildman–Crippen LogP) is 4.00. The molecule has 89 valence electrons. The zero-order valence-corrected chi connectivity index (χ0v) is 11.9. The maximum Gasteiger partial charge on any atom is 0.116 e. The summed E-state index contributed by atoms with van der Waals surface area (Å²) in [6.45, 7) is 6.47. The number of rotatable bonds is 3. The summed E-state index contributed by atoms with van der Waals surface area (Å²) in [6.07, 6.45) is 3.95. The monoisotopic (exact) mass is 291 g/mol. The van der Waals surface area contributed by atoms with Crippen LogP contribution in [0.15, 0.2) is 22.7 Å². The number of hydrogen-bond acceptors (Lipinski definition) is 1. The number of halogens is 1. The summed E-state index contributed by atoms with van der Waals surface area (Å²) < 4.78 is 1.12. The van der Waals surface area contributed by atoms with Gasteiger partial charge in [0.1, 0.15) is 6.20 Å². The number of benzene rings is 1. The Bertz CT molecular complexity index is 515. The minimum absolute atomic E-state index is 0.458. The molecule has 0 saturated carbocycles. The lowest BCUT2D eigenvalue weighted by Gasteiger charge is -2.08. The van der Waals surface area contributed by atoms with E-state index in [2.05, 4.69) is 71.3 Å². The van der Waals surface area contributed by atoms with Gasteiger partial charge >= 0.3 is 0 Å². The third kappa shape index (κ3) is 2.78. The topological polar surface area (TPSA) is 28.7 Å². The van der Waals surface area contributed by atoms with Crippen LogP contribution in [-0.2, 0) is 6.42 Å². The number of aryl methyl sites for hydroxylation is 1. The van der Waals surface area contributed by atoms with Crippen molar-refractivity contribution in [1.29, 1.82) is 0 Å². The molecule has 0 aliphatic carbocycles. The summed E-state index contributed by atoms with van der Waals surface area (Å²) in [5, 5.41) is 7.07. The van der Waals surface area contributed by atoms with Crippen molar-refractivity contribution in [3.05, 3.63) is 51.3 Å². The maximum absolute atomic E-state index is 4.03. The second-order valence-corrected chi connectivity index (χ2v) is 5.55. The van der Waals surface area contributed by atoms with Gasteiger partial charge in [-0.15, -0.1) is 0 Å². The molecule has 1 heterocycles. The Kier molecular flexibility index (Phi) is 3.67. The van der Waals surface area contributed by atoms with Gasteiger partial charge in [0.15, 0.2) is 0 Å². The van der Waals surface area contributed by atoms with E-state index in [9.17, 15) is 0 Å². The molecule has 2 aromatic rings. The Hall–Kier alpha value is -1.09. The molecule has 0 saturated heterocycles. The fourth-order valence-corrected chi connectivity index (χ4v) is 2.42. The van der Waals surface area contributed by atoms with E-state index in [4.69, 9.17) is 0 Å². The summed E-state index contributed by atoms with van der Waals surface area (Å²) in [6, 6.07) is 6.38. The molecule has 1 radical (unpaired) electrons. The van der Waals surface area contributed by atoms with Gasteiger partial charge in [0.2, 0.25) is 0 Å². The fraction of sp³-hybridized carbons (Fsp3) is 0.357. The van der Waals surface area contributed by atoms with Gasteiger partial charge in [0, 0.05) is 22.2 Å². The molecule has 2 rings (SSSR count). The molecule has 2 nitrogen and oxygen atoms in total. The third-order valence-electron chi connectivity index (χ3n) is 2.94. The van der Waals surface area contributed by atoms with Gasteiger partial charge in [0.25, 0.3) is 0 Å². The van der Waals surface area contributed by atoms with Crippen molar-refractivity contribution in [3.8, 4) is 0 Å². The van der Waals surface area contributed by atoms with E-state index in [1.165, 1.54) is 22.4 Å². The Morgan fingerprint density at radius 3 is 2.82 bits per heavy atom. The predicted molar refractivity (Wildman–Crippen MR) is 73.2 cm³/mol. The number of hydrogen-bond donors (Lipinski definition) is 1. The second-order valence-electron chi connectivity index (χ2n) is 4.63. The van der Waals surface area contributed by atoms with Crippen LogP contribution in [0.1, 0.15) is 42.1 Å². The Morgan fingerprint density at radius 1 is 1.41 bits per heavy atom. The molecular weight excluding hydrogens is 276 g/mol. The highest BCUT2D eigenvalue weighted by molar-refractivity contribution is 9.10. The van der Waals surface area contributed by atoms with Crippen LogP contribution in [0.2, 0.25) is 0 Å². The average molecular weight is 292 g/mol. The van der Waals surface area contributed by atoms with Gasteiger partial charge in [-0.2, -0.15) is 5.10 Å². The average Bonchev–Trinajstić information content (AvgIpc) is 2.70. The maximum atomic E-state index is 4.03. The normalized spacial score (nSPS) is 11.1. The molecule has 0 spiro atoms. The number of aromatic amines is 1.